The molecule has 2 aliphatic rings. The fraction of sp³-hybridized carbons (Fsp3) is 0.688. The van der Waals surface area contributed by atoms with E-state index in [1.165, 1.54) is 10.4 Å². The number of carbonyl (C=O) groups excluding carboxylic acids is 1. The fourth-order valence-corrected chi connectivity index (χ4v) is 4.55. The Bertz CT molecular complexity index is 483. The van der Waals surface area contributed by atoms with Crippen molar-refractivity contribution < 1.29 is 9.90 Å². The number of aryl methyl sites for hydroxylation is 1. The summed E-state index contributed by atoms with van der Waals surface area (Å²) in [5, 5.41) is 11.9. The van der Waals surface area contributed by atoms with E-state index in [4.69, 9.17) is 0 Å². The van der Waals surface area contributed by atoms with Crippen LogP contribution in [0.15, 0.2) is 11.4 Å². The lowest BCUT2D eigenvalue weighted by atomic mass is 9.85. The van der Waals surface area contributed by atoms with Crippen LogP contribution in [0.3, 0.4) is 0 Å². The second kappa shape index (κ2) is 5.86. The van der Waals surface area contributed by atoms with Gasteiger partial charge in [-0.05, 0) is 56.0 Å². The second-order valence-corrected chi connectivity index (χ2v) is 7.17. The third-order valence-electron chi connectivity index (χ3n) is 4.80. The first kappa shape index (κ1) is 14.1. The van der Waals surface area contributed by atoms with Crippen LogP contribution in [0.2, 0.25) is 0 Å². The number of carbonyl (C=O) groups is 1. The van der Waals surface area contributed by atoms with Crippen LogP contribution in [0.25, 0.3) is 0 Å². The smallest absolute Gasteiger partial charge is 0.230 e. The van der Waals surface area contributed by atoms with Crippen LogP contribution >= 0.6 is 11.3 Å². The normalized spacial score (nSPS) is 28.0. The van der Waals surface area contributed by atoms with E-state index < -0.39 is 0 Å². The van der Waals surface area contributed by atoms with Gasteiger partial charge in [0.1, 0.15) is 0 Å². The van der Waals surface area contributed by atoms with Crippen LogP contribution in [0, 0.1) is 5.92 Å². The zero-order chi connectivity index (χ0) is 14.1. The molecule has 3 unspecified atom stereocenters. The van der Waals surface area contributed by atoms with Crippen molar-refractivity contribution in [3.05, 3.63) is 21.9 Å². The average Bonchev–Trinajstić information content (AvgIpc) is 2.95. The van der Waals surface area contributed by atoms with Crippen LogP contribution in [0.4, 0.5) is 0 Å². The van der Waals surface area contributed by atoms with Gasteiger partial charge in [-0.1, -0.05) is 0 Å². The fourth-order valence-electron chi connectivity index (χ4n) is 3.57. The molecule has 1 saturated heterocycles. The van der Waals surface area contributed by atoms with Crippen molar-refractivity contribution in [1.29, 1.82) is 0 Å². The molecule has 1 amide bonds. The van der Waals surface area contributed by atoms with E-state index in [9.17, 15) is 9.90 Å². The molecule has 0 spiro atoms. The molecule has 1 aliphatic carbocycles. The minimum atomic E-state index is -0.311. The SMILES string of the molecule is CC(O)C1CCCN(C(=O)C2CCCc3sccc32)C1. The van der Waals surface area contributed by atoms with Crippen molar-refractivity contribution in [3.8, 4) is 0 Å². The van der Waals surface area contributed by atoms with Crippen LogP contribution in [-0.4, -0.2) is 35.1 Å². The Morgan fingerprint density at radius 1 is 1.45 bits per heavy atom. The van der Waals surface area contributed by atoms with E-state index in [1.807, 2.05) is 11.8 Å². The van der Waals surface area contributed by atoms with Crippen LogP contribution < -0.4 is 0 Å². The second-order valence-electron chi connectivity index (χ2n) is 6.17. The largest absolute Gasteiger partial charge is 0.393 e. The monoisotopic (exact) mass is 293 g/mol. The number of nitrogens with zero attached hydrogens (tertiary/aromatic N) is 1. The summed E-state index contributed by atoms with van der Waals surface area (Å²) in [6, 6.07) is 2.14. The zero-order valence-corrected chi connectivity index (χ0v) is 12.9. The lowest BCUT2D eigenvalue weighted by Crippen LogP contribution is -2.45. The molecule has 1 N–H and O–H groups in total. The highest BCUT2D eigenvalue weighted by atomic mass is 32.1. The van der Waals surface area contributed by atoms with Crippen LogP contribution in [0.5, 0.6) is 0 Å². The van der Waals surface area contributed by atoms with Crippen molar-refractivity contribution in [3.63, 3.8) is 0 Å². The maximum Gasteiger partial charge on any atom is 0.230 e. The minimum Gasteiger partial charge on any atom is -0.393 e. The highest BCUT2D eigenvalue weighted by Gasteiger charge is 2.33. The molecular weight excluding hydrogens is 270 g/mol. The van der Waals surface area contributed by atoms with Gasteiger partial charge in [0, 0.05) is 23.9 Å². The Hall–Kier alpha value is -0.870. The first-order valence-corrected chi connectivity index (χ1v) is 8.58. The molecule has 1 fully saturated rings. The maximum atomic E-state index is 12.8. The van der Waals surface area contributed by atoms with E-state index >= 15 is 0 Å². The number of hydrogen-bond donors (Lipinski definition) is 1. The molecule has 1 aromatic rings. The molecular formula is C16H23NO2S. The van der Waals surface area contributed by atoms with Gasteiger partial charge in [0.25, 0.3) is 0 Å². The van der Waals surface area contributed by atoms with Crippen molar-refractivity contribution in [2.75, 3.05) is 13.1 Å². The summed E-state index contributed by atoms with van der Waals surface area (Å²) in [6.07, 6.45) is 4.98. The summed E-state index contributed by atoms with van der Waals surface area (Å²) in [5.41, 5.74) is 1.27. The van der Waals surface area contributed by atoms with Crippen molar-refractivity contribution in [2.24, 2.45) is 5.92 Å². The molecule has 1 aromatic heterocycles. The summed E-state index contributed by atoms with van der Waals surface area (Å²) in [4.78, 5) is 16.2. The maximum absolute atomic E-state index is 12.8. The molecule has 0 saturated carbocycles. The number of hydrogen-bond acceptors (Lipinski definition) is 3. The number of amides is 1. The number of fused-ring (bicyclic) bond motifs is 1. The minimum absolute atomic E-state index is 0.0674. The van der Waals surface area contributed by atoms with Crippen LogP contribution in [0.1, 0.15) is 49.0 Å². The molecule has 110 valence electrons. The molecule has 1 aliphatic heterocycles. The van der Waals surface area contributed by atoms with Crippen molar-refractivity contribution in [1.82, 2.24) is 4.90 Å². The molecule has 3 nitrogen and oxygen atoms in total. The Balaban J connectivity index is 1.74. The number of aliphatic hydroxyl groups is 1. The summed E-state index contributed by atoms with van der Waals surface area (Å²) in [5.74, 6) is 0.602. The van der Waals surface area contributed by atoms with E-state index in [2.05, 4.69) is 11.4 Å². The van der Waals surface area contributed by atoms with E-state index in [0.717, 1.165) is 45.2 Å². The number of piperidine rings is 1. The Morgan fingerprint density at radius 2 is 2.30 bits per heavy atom. The van der Waals surface area contributed by atoms with Gasteiger partial charge < -0.3 is 10.0 Å². The first-order valence-electron chi connectivity index (χ1n) is 7.70. The number of thiophene rings is 1. The average molecular weight is 293 g/mol. The molecule has 3 atom stereocenters. The van der Waals surface area contributed by atoms with E-state index in [-0.39, 0.29) is 23.8 Å². The molecule has 0 bridgehead atoms. The molecule has 20 heavy (non-hydrogen) atoms. The van der Waals surface area contributed by atoms with Gasteiger partial charge in [0.05, 0.1) is 12.0 Å². The van der Waals surface area contributed by atoms with Crippen molar-refractivity contribution in [2.45, 2.75) is 51.0 Å². The number of rotatable bonds is 2. The summed E-state index contributed by atoms with van der Waals surface area (Å²) >= 11 is 1.79. The van der Waals surface area contributed by atoms with Gasteiger partial charge in [-0.2, -0.15) is 0 Å². The first-order chi connectivity index (χ1) is 9.66. The lowest BCUT2D eigenvalue weighted by Gasteiger charge is -2.37. The highest BCUT2D eigenvalue weighted by molar-refractivity contribution is 7.10. The molecule has 3 rings (SSSR count). The van der Waals surface area contributed by atoms with E-state index in [1.54, 1.807) is 11.3 Å². The van der Waals surface area contributed by atoms with Gasteiger partial charge in [0.15, 0.2) is 0 Å². The predicted octanol–water partition coefficient (Wildman–Crippen LogP) is 2.79. The van der Waals surface area contributed by atoms with Gasteiger partial charge >= 0.3 is 0 Å². The van der Waals surface area contributed by atoms with E-state index in [0.29, 0.717) is 0 Å². The number of likely N-dealkylation sites (tertiary alicyclic amines) is 1. The Kier molecular flexibility index (Phi) is 4.13. The zero-order valence-electron chi connectivity index (χ0n) is 12.0. The van der Waals surface area contributed by atoms with Crippen molar-refractivity contribution >= 4 is 17.2 Å². The highest BCUT2D eigenvalue weighted by Crippen LogP contribution is 2.36. The lowest BCUT2D eigenvalue weighted by molar-refractivity contribution is -0.135. The predicted molar refractivity (Wildman–Crippen MR) is 81.0 cm³/mol. The van der Waals surface area contributed by atoms with Crippen LogP contribution in [-0.2, 0) is 11.2 Å². The molecule has 4 heteroatoms. The van der Waals surface area contributed by atoms with Gasteiger partial charge in [-0.15, -0.1) is 11.3 Å². The molecule has 2 heterocycles. The summed E-state index contributed by atoms with van der Waals surface area (Å²) in [6.45, 7) is 3.43. The standard InChI is InChI=1S/C16H23NO2S/c1-11(18)12-4-3-8-17(10-12)16(19)14-5-2-6-15-13(14)7-9-20-15/h7,9,11-12,14,18H,2-6,8,10H2,1H3. The van der Waals surface area contributed by atoms with Gasteiger partial charge in [-0.3, -0.25) is 4.79 Å². The topological polar surface area (TPSA) is 40.5 Å². The Labute approximate surface area is 124 Å². The third-order valence-corrected chi connectivity index (χ3v) is 5.80. The quantitative estimate of drug-likeness (QED) is 0.911. The van der Waals surface area contributed by atoms with Gasteiger partial charge in [-0.25, -0.2) is 0 Å². The molecule has 0 radical (unpaired) electrons. The summed E-state index contributed by atoms with van der Waals surface area (Å²) in [7, 11) is 0. The third kappa shape index (κ3) is 2.63. The number of aliphatic hydroxyl groups excluding tert-OH is 1. The molecule has 0 aromatic carbocycles. The summed E-state index contributed by atoms with van der Waals surface area (Å²) < 4.78 is 0. The van der Waals surface area contributed by atoms with Gasteiger partial charge in [0.2, 0.25) is 5.91 Å². The Morgan fingerprint density at radius 3 is 3.10 bits per heavy atom.